The quantitative estimate of drug-likeness (QED) is 0.593. The van der Waals surface area contributed by atoms with E-state index >= 15 is 0 Å². The first-order valence-corrected chi connectivity index (χ1v) is 8.93. The Balaban J connectivity index is 1.51. The highest BCUT2D eigenvalue weighted by atomic mass is 16.1. The van der Waals surface area contributed by atoms with Gasteiger partial charge in [-0.05, 0) is 43.7 Å². The summed E-state index contributed by atoms with van der Waals surface area (Å²) in [4.78, 5) is 29.2. The number of aryl methyl sites for hydroxylation is 2. The maximum Gasteiger partial charge on any atom is 0.275 e. The van der Waals surface area contributed by atoms with Crippen LogP contribution in [0.1, 0.15) is 18.4 Å². The largest absolute Gasteiger partial charge is 0.326 e. The molecule has 0 spiro atoms. The van der Waals surface area contributed by atoms with Gasteiger partial charge in [0.2, 0.25) is 5.91 Å². The molecule has 4 aromatic rings. The molecule has 0 saturated heterocycles. The van der Waals surface area contributed by atoms with Crippen molar-refractivity contribution in [1.29, 1.82) is 0 Å². The first-order valence-electron chi connectivity index (χ1n) is 8.93. The van der Waals surface area contributed by atoms with Crippen LogP contribution in [0.4, 0.5) is 5.69 Å². The van der Waals surface area contributed by atoms with Gasteiger partial charge in [0, 0.05) is 31.0 Å². The van der Waals surface area contributed by atoms with E-state index in [0.717, 1.165) is 22.3 Å². The van der Waals surface area contributed by atoms with Crippen molar-refractivity contribution in [1.82, 2.24) is 14.0 Å². The fourth-order valence-corrected chi connectivity index (χ4v) is 3.29. The van der Waals surface area contributed by atoms with Gasteiger partial charge in [-0.25, -0.2) is 0 Å². The molecule has 0 bridgehead atoms. The third kappa shape index (κ3) is 3.33. The second-order valence-corrected chi connectivity index (χ2v) is 6.60. The third-order valence-electron chi connectivity index (χ3n) is 4.66. The monoisotopic (exact) mass is 360 g/mol. The van der Waals surface area contributed by atoms with Gasteiger partial charge in [-0.1, -0.05) is 17.7 Å². The van der Waals surface area contributed by atoms with Crippen molar-refractivity contribution in [2.24, 2.45) is 0 Å². The van der Waals surface area contributed by atoms with Crippen LogP contribution in [0.5, 0.6) is 0 Å². The maximum absolute atomic E-state index is 12.8. The number of rotatable bonds is 5. The predicted molar refractivity (Wildman–Crippen MR) is 106 cm³/mol. The van der Waals surface area contributed by atoms with E-state index in [2.05, 4.69) is 10.3 Å². The highest BCUT2D eigenvalue weighted by Crippen LogP contribution is 2.15. The van der Waals surface area contributed by atoms with Crippen molar-refractivity contribution in [3.8, 4) is 0 Å². The van der Waals surface area contributed by atoms with Gasteiger partial charge in [-0.15, -0.1) is 0 Å². The lowest BCUT2D eigenvalue weighted by Gasteiger charge is -2.12. The Morgan fingerprint density at radius 2 is 1.89 bits per heavy atom. The van der Waals surface area contributed by atoms with Crippen molar-refractivity contribution >= 4 is 28.1 Å². The molecule has 0 aliphatic carbocycles. The molecule has 27 heavy (non-hydrogen) atoms. The number of amides is 1. The Morgan fingerprint density at radius 3 is 2.70 bits per heavy atom. The van der Waals surface area contributed by atoms with E-state index in [1.807, 2.05) is 53.9 Å². The number of carbonyl (C=O) groups excluding carboxylic acids is 1. The highest BCUT2D eigenvalue weighted by Gasteiger charge is 2.11. The van der Waals surface area contributed by atoms with Crippen LogP contribution in [0.25, 0.3) is 16.6 Å². The van der Waals surface area contributed by atoms with Crippen molar-refractivity contribution in [2.45, 2.75) is 26.3 Å². The summed E-state index contributed by atoms with van der Waals surface area (Å²) in [6, 6.07) is 13.2. The van der Waals surface area contributed by atoms with Crippen LogP contribution in [-0.4, -0.2) is 19.9 Å². The van der Waals surface area contributed by atoms with E-state index < -0.39 is 0 Å². The number of nitrogens with zero attached hydrogens (tertiary/aromatic N) is 3. The van der Waals surface area contributed by atoms with Crippen LogP contribution in [0.2, 0.25) is 0 Å². The van der Waals surface area contributed by atoms with Crippen LogP contribution in [0.15, 0.2) is 65.8 Å². The van der Waals surface area contributed by atoms with E-state index in [1.54, 1.807) is 23.0 Å². The van der Waals surface area contributed by atoms with Gasteiger partial charge in [-0.2, -0.15) is 0 Å². The minimum absolute atomic E-state index is 0.0540. The Bertz CT molecular complexity index is 1170. The Morgan fingerprint density at radius 1 is 1.07 bits per heavy atom. The van der Waals surface area contributed by atoms with Crippen molar-refractivity contribution in [2.75, 3.05) is 5.32 Å². The number of carbonyl (C=O) groups is 1. The average molecular weight is 360 g/mol. The third-order valence-corrected chi connectivity index (χ3v) is 4.66. The van der Waals surface area contributed by atoms with Gasteiger partial charge in [0.05, 0.1) is 17.2 Å². The van der Waals surface area contributed by atoms with E-state index in [4.69, 9.17) is 0 Å². The molecule has 6 nitrogen and oxygen atoms in total. The molecule has 3 aromatic heterocycles. The molecular weight excluding hydrogens is 340 g/mol. The average Bonchev–Trinajstić information content (AvgIpc) is 3.17. The number of pyridine rings is 1. The normalized spacial score (nSPS) is 11.1. The Kier molecular flexibility index (Phi) is 4.46. The molecule has 0 aliphatic rings. The summed E-state index contributed by atoms with van der Waals surface area (Å²) in [6.45, 7) is 2.48. The number of hydrogen-bond donors (Lipinski definition) is 1. The van der Waals surface area contributed by atoms with Gasteiger partial charge in [0.1, 0.15) is 5.52 Å². The molecule has 0 fully saturated rings. The van der Waals surface area contributed by atoms with Crippen LogP contribution in [0.3, 0.4) is 0 Å². The van der Waals surface area contributed by atoms with Crippen LogP contribution in [0, 0.1) is 6.92 Å². The molecule has 3 heterocycles. The molecule has 6 heteroatoms. The van der Waals surface area contributed by atoms with Crippen molar-refractivity contribution in [3.05, 3.63) is 77.0 Å². The Hall–Kier alpha value is -3.41. The summed E-state index contributed by atoms with van der Waals surface area (Å²) < 4.78 is 3.58. The van der Waals surface area contributed by atoms with Crippen molar-refractivity contribution in [3.63, 3.8) is 0 Å². The minimum atomic E-state index is -0.0577. The molecule has 136 valence electrons. The van der Waals surface area contributed by atoms with Gasteiger partial charge < -0.3 is 14.3 Å². The van der Waals surface area contributed by atoms with Gasteiger partial charge in [0.25, 0.3) is 5.56 Å². The highest BCUT2D eigenvalue weighted by molar-refractivity contribution is 5.90. The van der Waals surface area contributed by atoms with E-state index in [9.17, 15) is 9.59 Å². The van der Waals surface area contributed by atoms with E-state index in [0.29, 0.717) is 24.9 Å². The van der Waals surface area contributed by atoms with Crippen LogP contribution in [-0.2, 0) is 11.3 Å². The predicted octanol–water partition coefficient (Wildman–Crippen LogP) is 3.38. The molecular formula is C21H20N4O2. The zero-order valence-electron chi connectivity index (χ0n) is 15.1. The SMILES string of the molecule is Cc1ccc(NC(=O)CCCn2c(=O)c3cccn3c3cnccc32)cc1. The first-order chi connectivity index (χ1) is 13.1. The smallest absolute Gasteiger partial charge is 0.275 e. The lowest BCUT2D eigenvalue weighted by atomic mass is 10.2. The van der Waals surface area contributed by atoms with Gasteiger partial charge in [-0.3, -0.25) is 14.6 Å². The summed E-state index contributed by atoms with van der Waals surface area (Å²) in [7, 11) is 0. The van der Waals surface area contributed by atoms with E-state index in [-0.39, 0.29) is 11.5 Å². The molecule has 1 amide bonds. The zero-order valence-corrected chi connectivity index (χ0v) is 15.1. The molecule has 0 saturated carbocycles. The molecule has 0 radical (unpaired) electrons. The summed E-state index contributed by atoms with van der Waals surface area (Å²) in [6.07, 6.45) is 6.21. The summed E-state index contributed by atoms with van der Waals surface area (Å²) in [5.74, 6) is -0.0540. The molecule has 0 unspecified atom stereocenters. The lowest BCUT2D eigenvalue weighted by molar-refractivity contribution is -0.116. The fourth-order valence-electron chi connectivity index (χ4n) is 3.29. The fraction of sp³-hybridized carbons (Fsp3) is 0.190. The minimum Gasteiger partial charge on any atom is -0.326 e. The topological polar surface area (TPSA) is 68.4 Å². The van der Waals surface area contributed by atoms with Gasteiger partial charge >= 0.3 is 0 Å². The first kappa shape index (κ1) is 17.0. The number of aromatic nitrogens is 3. The zero-order chi connectivity index (χ0) is 18.8. The Labute approximate surface area is 156 Å². The van der Waals surface area contributed by atoms with Gasteiger partial charge in [0.15, 0.2) is 0 Å². The number of nitrogens with one attached hydrogen (secondary N) is 1. The van der Waals surface area contributed by atoms with Crippen molar-refractivity contribution < 1.29 is 4.79 Å². The molecule has 4 rings (SSSR count). The summed E-state index contributed by atoms with van der Waals surface area (Å²) in [5.41, 5.74) is 4.18. The number of fused-ring (bicyclic) bond motifs is 3. The van der Waals surface area contributed by atoms with Crippen LogP contribution < -0.4 is 10.9 Å². The standard InChI is InChI=1S/C21H20N4O2/c1-15-6-8-16(9-7-15)23-20(26)5-3-13-25-17-10-11-22-14-19(17)24-12-2-4-18(24)21(25)27/h2,4,6-12,14H,3,5,13H2,1H3,(H,23,26). The molecule has 1 N–H and O–H groups in total. The molecule has 1 aromatic carbocycles. The second kappa shape index (κ2) is 7.07. The second-order valence-electron chi connectivity index (χ2n) is 6.60. The number of benzene rings is 1. The maximum atomic E-state index is 12.8. The number of anilines is 1. The molecule has 0 aliphatic heterocycles. The number of hydrogen-bond acceptors (Lipinski definition) is 3. The van der Waals surface area contributed by atoms with Crippen LogP contribution >= 0.6 is 0 Å². The summed E-state index contributed by atoms with van der Waals surface area (Å²) in [5, 5.41) is 2.89. The summed E-state index contributed by atoms with van der Waals surface area (Å²) >= 11 is 0. The van der Waals surface area contributed by atoms with E-state index in [1.165, 1.54) is 0 Å². The lowest BCUT2D eigenvalue weighted by Crippen LogP contribution is -2.23. The molecule has 0 atom stereocenters.